The van der Waals surface area contributed by atoms with Crippen LogP contribution in [0.4, 0.5) is 0 Å². The molecule has 0 saturated carbocycles. The van der Waals surface area contributed by atoms with Gasteiger partial charge in [0.1, 0.15) is 12.3 Å². The Morgan fingerprint density at radius 1 is 1.33 bits per heavy atom. The van der Waals surface area contributed by atoms with E-state index in [1.165, 1.54) is 12.0 Å². The molecule has 0 aliphatic carbocycles. The topological polar surface area (TPSA) is 68.2 Å². The predicted octanol–water partition coefficient (Wildman–Crippen LogP) is 2.53. The van der Waals surface area contributed by atoms with Gasteiger partial charge in [0.15, 0.2) is 0 Å². The number of rotatable bonds is 8. The van der Waals surface area contributed by atoms with Crippen molar-refractivity contribution >= 4 is 18.3 Å². The van der Waals surface area contributed by atoms with Crippen molar-refractivity contribution in [2.24, 2.45) is 0 Å². The van der Waals surface area contributed by atoms with Crippen LogP contribution in [0.15, 0.2) is 36.5 Å². The highest BCUT2D eigenvalue weighted by molar-refractivity contribution is 5.85. The Bertz CT molecular complexity index is 696. The van der Waals surface area contributed by atoms with Crippen molar-refractivity contribution in [3.8, 4) is 5.75 Å². The van der Waals surface area contributed by atoms with Crippen molar-refractivity contribution in [2.45, 2.75) is 38.1 Å². The molecule has 6 nitrogen and oxygen atoms in total. The van der Waals surface area contributed by atoms with E-state index < -0.39 is 0 Å². The quantitative estimate of drug-likeness (QED) is 0.677. The Morgan fingerprint density at radius 3 is 2.85 bits per heavy atom. The van der Waals surface area contributed by atoms with Crippen LogP contribution in [0.2, 0.25) is 0 Å². The van der Waals surface area contributed by atoms with E-state index >= 15 is 0 Å². The van der Waals surface area contributed by atoms with E-state index in [4.69, 9.17) is 4.74 Å². The average molecular weight is 393 g/mol. The van der Waals surface area contributed by atoms with Gasteiger partial charge < -0.3 is 15.4 Å². The second-order valence-corrected chi connectivity index (χ2v) is 6.76. The summed E-state index contributed by atoms with van der Waals surface area (Å²) in [6.45, 7) is 3.02. The van der Waals surface area contributed by atoms with Crippen LogP contribution in [-0.2, 0) is 17.8 Å². The number of methoxy groups -OCH3 is 1. The lowest BCUT2D eigenvalue weighted by molar-refractivity contribution is -0.121. The monoisotopic (exact) mass is 392 g/mol. The number of benzene rings is 1. The highest BCUT2D eigenvalue weighted by atomic mass is 35.5. The van der Waals surface area contributed by atoms with Crippen LogP contribution in [0, 0.1) is 0 Å². The summed E-state index contributed by atoms with van der Waals surface area (Å²) in [5, 5.41) is 10.8. The highest BCUT2D eigenvalue weighted by Crippen LogP contribution is 2.22. The van der Waals surface area contributed by atoms with Crippen LogP contribution in [0.5, 0.6) is 5.75 Å². The van der Waals surface area contributed by atoms with Gasteiger partial charge in [-0.05, 0) is 56.0 Å². The molecule has 1 saturated heterocycles. The normalized spacial score (nSPS) is 16.4. The molecule has 1 aromatic heterocycles. The molecule has 1 aliphatic rings. The fourth-order valence-electron chi connectivity index (χ4n) is 3.43. The summed E-state index contributed by atoms with van der Waals surface area (Å²) < 4.78 is 7.00. The van der Waals surface area contributed by atoms with Gasteiger partial charge in [-0.3, -0.25) is 9.48 Å². The molecule has 1 amide bonds. The van der Waals surface area contributed by atoms with Gasteiger partial charge in [-0.15, -0.1) is 12.4 Å². The molecule has 1 fully saturated rings. The van der Waals surface area contributed by atoms with Gasteiger partial charge in [0.05, 0.1) is 7.11 Å². The lowest BCUT2D eigenvalue weighted by Crippen LogP contribution is -2.32. The third-order valence-electron chi connectivity index (χ3n) is 4.88. The molecule has 2 heterocycles. The smallest absolute Gasteiger partial charge is 0.241 e. The van der Waals surface area contributed by atoms with E-state index in [9.17, 15) is 4.79 Å². The minimum absolute atomic E-state index is 0. The number of aromatic nitrogens is 2. The van der Waals surface area contributed by atoms with E-state index in [1.807, 2.05) is 22.9 Å². The first-order valence-electron chi connectivity index (χ1n) is 9.38. The van der Waals surface area contributed by atoms with Gasteiger partial charge >= 0.3 is 0 Å². The van der Waals surface area contributed by atoms with E-state index in [0.29, 0.717) is 19.0 Å². The van der Waals surface area contributed by atoms with Crippen molar-refractivity contribution in [3.05, 3.63) is 47.8 Å². The number of nitrogens with one attached hydrogen (secondary N) is 2. The first-order chi connectivity index (χ1) is 12.8. The lowest BCUT2D eigenvalue weighted by atomic mass is 9.96. The first kappa shape index (κ1) is 21.3. The Hall–Kier alpha value is -2.05. The summed E-state index contributed by atoms with van der Waals surface area (Å²) in [5.74, 6) is 1.34. The molecule has 3 rings (SSSR count). The molecule has 7 heteroatoms. The van der Waals surface area contributed by atoms with Gasteiger partial charge in [-0.25, -0.2) is 0 Å². The molecular formula is C20H29ClN4O2. The third kappa shape index (κ3) is 6.26. The number of carbonyl (C=O) groups is 1. The number of aryl methyl sites for hydroxylation is 1. The van der Waals surface area contributed by atoms with Crippen molar-refractivity contribution in [2.75, 3.05) is 26.7 Å². The molecule has 0 spiro atoms. The fraction of sp³-hybridized carbons (Fsp3) is 0.500. The summed E-state index contributed by atoms with van der Waals surface area (Å²) >= 11 is 0. The van der Waals surface area contributed by atoms with Crippen LogP contribution < -0.4 is 15.4 Å². The minimum atomic E-state index is 0. The van der Waals surface area contributed by atoms with E-state index in [0.717, 1.165) is 43.8 Å². The molecule has 2 aromatic rings. The fourth-order valence-corrected chi connectivity index (χ4v) is 3.43. The number of hydrogen-bond donors (Lipinski definition) is 2. The van der Waals surface area contributed by atoms with Crippen LogP contribution in [-0.4, -0.2) is 42.4 Å². The minimum Gasteiger partial charge on any atom is -0.497 e. The third-order valence-corrected chi connectivity index (χ3v) is 4.88. The van der Waals surface area contributed by atoms with Gasteiger partial charge in [0.2, 0.25) is 5.91 Å². The van der Waals surface area contributed by atoms with Crippen LogP contribution in [0.1, 0.15) is 36.4 Å². The predicted molar refractivity (Wildman–Crippen MR) is 109 cm³/mol. The van der Waals surface area contributed by atoms with E-state index in [2.05, 4.69) is 27.9 Å². The Labute approximate surface area is 167 Å². The number of nitrogens with zero attached hydrogens (tertiary/aromatic N) is 2. The zero-order valence-electron chi connectivity index (χ0n) is 15.8. The maximum Gasteiger partial charge on any atom is 0.241 e. The molecular weight excluding hydrogens is 364 g/mol. The van der Waals surface area contributed by atoms with Crippen LogP contribution in [0.25, 0.3) is 0 Å². The van der Waals surface area contributed by atoms with Gasteiger partial charge in [-0.2, -0.15) is 5.10 Å². The number of piperidine rings is 1. The first-order valence-corrected chi connectivity index (χ1v) is 9.38. The Balaban J connectivity index is 0.00000261. The summed E-state index contributed by atoms with van der Waals surface area (Å²) in [7, 11) is 1.67. The Kier molecular flexibility index (Phi) is 8.61. The number of ether oxygens (including phenoxy) is 1. The molecule has 0 bridgehead atoms. The maximum atomic E-state index is 12.2. The molecule has 1 aliphatic heterocycles. The second-order valence-electron chi connectivity index (χ2n) is 6.76. The largest absolute Gasteiger partial charge is 0.497 e. The molecule has 148 valence electrons. The average Bonchev–Trinajstić information content (AvgIpc) is 3.14. The molecule has 1 unspecified atom stereocenters. The second kappa shape index (κ2) is 10.9. The molecule has 0 radical (unpaired) electrons. The van der Waals surface area contributed by atoms with Crippen molar-refractivity contribution in [3.63, 3.8) is 0 Å². The lowest BCUT2D eigenvalue weighted by Gasteiger charge is -2.23. The summed E-state index contributed by atoms with van der Waals surface area (Å²) in [4.78, 5) is 12.2. The van der Waals surface area contributed by atoms with Crippen molar-refractivity contribution in [1.82, 2.24) is 20.4 Å². The SMILES string of the molecule is COc1ccc(CCCNC(=O)Cn2nccc2C2CCCNC2)cc1.Cl. The zero-order chi connectivity index (χ0) is 18.2. The Morgan fingerprint density at radius 2 is 2.15 bits per heavy atom. The van der Waals surface area contributed by atoms with Gasteiger partial charge in [0, 0.05) is 30.9 Å². The maximum absolute atomic E-state index is 12.2. The number of hydrogen-bond acceptors (Lipinski definition) is 4. The summed E-state index contributed by atoms with van der Waals surface area (Å²) in [6, 6.07) is 10.1. The van der Waals surface area contributed by atoms with E-state index in [1.54, 1.807) is 13.3 Å². The number of carbonyl (C=O) groups excluding carboxylic acids is 1. The number of amides is 1. The van der Waals surface area contributed by atoms with Crippen LogP contribution >= 0.6 is 12.4 Å². The standard InChI is InChI=1S/C20H28N4O2.ClH/c1-26-18-8-6-16(7-9-18)4-2-12-22-20(25)15-24-19(10-13-23-24)17-5-3-11-21-14-17;/h6-10,13,17,21H,2-5,11-12,14-15H2,1H3,(H,22,25);1H. The van der Waals surface area contributed by atoms with E-state index in [-0.39, 0.29) is 18.3 Å². The van der Waals surface area contributed by atoms with Gasteiger partial charge in [-0.1, -0.05) is 12.1 Å². The van der Waals surface area contributed by atoms with Crippen molar-refractivity contribution < 1.29 is 9.53 Å². The van der Waals surface area contributed by atoms with Gasteiger partial charge in [0.25, 0.3) is 0 Å². The molecule has 1 aromatic carbocycles. The molecule has 1 atom stereocenters. The van der Waals surface area contributed by atoms with Crippen LogP contribution in [0.3, 0.4) is 0 Å². The molecule has 2 N–H and O–H groups in total. The summed E-state index contributed by atoms with van der Waals surface area (Å²) in [5.41, 5.74) is 2.41. The highest BCUT2D eigenvalue weighted by Gasteiger charge is 2.19. The number of halogens is 1. The van der Waals surface area contributed by atoms with Crippen molar-refractivity contribution in [1.29, 1.82) is 0 Å². The zero-order valence-corrected chi connectivity index (χ0v) is 16.6. The molecule has 27 heavy (non-hydrogen) atoms. The summed E-state index contributed by atoms with van der Waals surface area (Å²) in [6.07, 6.45) is 5.97.